The van der Waals surface area contributed by atoms with E-state index >= 15 is 0 Å². The summed E-state index contributed by atoms with van der Waals surface area (Å²) >= 11 is 7.23. The second kappa shape index (κ2) is 6.89. The maximum atomic E-state index is 12.4. The van der Waals surface area contributed by atoms with Gasteiger partial charge in [-0.25, -0.2) is 4.98 Å². The fraction of sp³-hybridized carbons (Fsp3) is 0.118. The first-order chi connectivity index (χ1) is 11.1. The molecule has 0 saturated carbocycles. The molecule has 23 heavy (non-hydrogen) atoms. The van der Waals surface area contributed by atoms with Crippen LogP contribution < -0.4 is 5.32 Å². The van der Waals surface area contributed by atoms with Gasteiger partial charge in [-0.2, -0.15) is 0 Å². The minimum absolute atomic E-state index is 0.120. The third-order valence-corrected chi connectivity index (χ3v) is 4.73. The standard InChI is InChI=1S/C17H14ClN3OS/c1-11-15(23-17(21-11)13-3-2-8-19-10-13)16(22)20-9-12-4-6-14(18)7-5-12/h2-8,10H,9H2,1H3,(H,20,22). The van der Waals surface area contributed by atoms with Gasteiger partial charge in [0, 0.05) is 29.5 Å². The van der Waals surface area contributed by atoms with Crippen LogP contribution in [-0.4, -0.2) is 15.9 Å². The second-order valence-electron chi connectivity index (χ2n) is 4.98. The molecule has 3 rings (SSSR count). The Morgan fingerprint density at radius 1 is 1.26 bits per heavy atom. The summed E-state index contributed by atoms with van der Waals surface area (Å²) in [4.78, 5) is 21.5. The van der Waals surface area contributed by atoms with Crippen molar-refractivity contribution >= 4 is 28.8 Å². The number of carbonyl (C=O) groups excluding carboxylic acids is 1. The number of hydrogen-bond donors (Lipinski definition) is 1. The highest BCUT2D eigenvalue weighted by atomic mass is 35.5. The number of thiazole rings is 1. The van der Waals surface area contributed by atoms with Crippen LogP contribution in [0.25, 0.3) is 10.6 Å². The topological polar surface area (TPSA) is 54.9 Å². The third kappa shape index (κ3) is 3.75. The maximum Gasteiger partial charge on any atom is 0.263 e. The normalized spacial score (nSPS) is 10.5. The highest BCUT2D eigenvalue weighted by Crippen LogP contribution is 2.27. The van der Waals surface area contributed by atoms with Crippen LogP contribution in [0.5, 0.6) is 0 Å². The van der Waals surface area contributed by atoms with Crippen LogP contribution in [-0.2, 0) is 6.54 Å². The molecule has 3 aromatic rings. The highest BCUT2D eigenvalue weighted by Gasteiger charge is 2.16. The number of rotatable bonds is 4. The minimum atomic E-state index is -0.120. The molecular weight excluding hydrogens is 330 g/mol. The fourth-order valence-corrected chi connectivity index (χ4v) is 3.18. The van der Waals surface area contributed by atoms with Crippen molar-refractivity contribution < 1.29 is 4.79 Å². The molecule has 2 heterocycles. The van der Waals surface area contributed by atoms with Gasteiger partial charge in [-0.05, 0) is 36.8 Å². The number of amides is 1. The van der Waals surface area contributed by atoms with E-state index in [1.165, 1.54) is 11.3 Å². The number of nitrogens with zero attached hydrogens (tertiary/aromatic N) is 2. The van der Waals surface area contributed by atoms with Crippen LogP contribution in [0.3, 0.4) is 0 Å². The molecular formula is C17H14ClN3OS. The van der Waals surface area contributed by atoms with Crippen molar-refractivity contribution in [2.75, 3.05) is 0 Å². The molecule has 116 valence electrons. The number of aromatic nitrogens is 2. The van der Waals surface area contributed by atoms with Crippen LogP contribution in [0.4, 0.5) is 0 Å². The van der Waals surface area contributed by atoms with Gasteiger partial charge in [0.15, 0.2) is 0 Å². The molecule has 0 aliphatic rings. The molecule has 0 radical (unpaired) electrons. The fourth-order valence-electron chi connectivity index (χ4n) is 2.08. The van der Waals surface area contributed by atoms with Crippen molar-refractivity contribution in [1.82, 2.24) is 15.3 Å². The Labute approximate surface area is 143 Å². The molecule has 0 aliphatic heterocycles. The summed E-state index contributed by atoms with van der Waals surface area (Å²) in [5.74, 6) is -0.120. The van der Waals surface area contributed by atoms with Crippen LogP contribution >= 0.6 is 22.9 Å². The summed E-state index contributed by atoms with van der Waals surface area (Å²) in [5, 5.41) is 4.39. The molecule has 1 N–H and O–H groups in total. The van der Waals surface area contributed by atoms with E-state index in [9.17, 15) is 4.79 Å². The van der Waals surface area contributed by atoms with Gasteiger partial charge in [0.1, 0.15) is 9.88 Å². The Hall–Kier alpha value is -2.24. The number of hydrogen-bond acceptors (Lipinski definition) is 4. The first-order valence-electron chi connectivity index (χ1n) is 7.04. The molecule has 0 unspecified atom stereocenters. The zero-order chi connectivity index (χ0) is 16.2. The van der Waals surface area contributed by atoms with Crippen LogP contribution in [0, 0.1) is 6.92 Å². The van der Waals surface area contributed by atoms with Crippen LogP contribution in [0.2, 0.25) is 5.02 Å². The smallest absolute Gasteiger partial charge is 0.263 e. The first-order valence-corrected chi connectivity index (χ1v) is 8.23. The van der Waals surface area contributed by atoms with E-state index in [2.05, 4.69) is 15.3 Å². The number of aryl methyl sites for hydroxylation is 1. The van der Waals surface area contributed by atoms with E-state index in [1.807, 2.05) is 43.3 Å². The van der Waals surface area contributed by atoms with E-state index in [1.54, 1.807) is 12.4 Å². The molecule has 0 atom stereocenters. The monoisotopic (exact) mass is 343 g/mol. The Bertz CT molecular complexity index is 816. The summed E-state index contributed by atoms with van der Waals surface area (Å²) in [6, 6.07) is 11.2. The van der Waals surface area contributed by atoms with Gasteiger partial charge in [-0.15, -0.1) is 11.3 Å². The molecule has 6 heteroatoms. The quantitative estimate of drug-likeness (QED) is 0.776. The lowest BCUT2D eigenvalue weighted by Gasteiger charge is -2.04. The van der Waals surface area contributed by atoms with E-state index in [0.29, 0.717) is 16.4 Å². The van der Waals surface area contributed by atoms with Gasteiger partial charge < -0.3 is 5.32 Å². The minimum Gasteiger partial charge on any atom is -0.347 e. The Morgan fingerprint density at radius 3 is 2.74 bits per heavy atom. The van der Waals surface area contributed by atoms with E-state index in [0.717, 1.165) is 21.8 Å². The SMILES string of the molecule is Cc1nc(-c2cccnc2)sc1C(=O)NCc1ccc(Cl)cc1. The third-order valence-electron chi connectivity index (χ3n) is 3.28. The number of pyridine rings is 1. The Kier molecular flexibility index (Phi) is 4.69. The molecule has 0 fully saturated rings. The highest BCUT2D eigenvalue weighted by molar-refractivity contribution is 7.17. The van der Waals surface area contributed by atoms with Gasteiger partial charge in [-0.1, -0.05) is 23.7 Å². The van der Waals surface area contributed by atoms with Gasteiger partial charge in [0.2, 0.25) is 0 Å². The molecule has 0 saturated heterocycles. The average molecular weight is 344 g/mol. The number of halogens is 1. The van der Waals surface area contributed by atoms with Crippen LogP contribution in [0.1, 0.15) is 20.9 Å². The molecule has 4 nitrogen and oxygen atoms in total. The van der Waals surface area contributed by atoms with Crippen molar-refractivity contribution in [3.63, 3.8) is 0 Å². The summed E-state index contributed by atoms with van der Waals surface area (Å²) in [7, 11) is 0. The van der Waals surface area contributed by atoms with Crippen LogP contribution in [0.15, 0.2) is 48.8 Å². The number of nitrogens with one attached hydrogen (secondary N) is 1. The lowest BCUT2D eigenvalue weighted by Crippen LogP contribution is -2.22. The average Bonchev–Trinajstić information content (AvgIpc) is 2.97. The van der Waals surface area contributed by atoms with Crippen molar-refractivity contribution in [3.05, 3.63) is 69.9 Å². The van der Waals surface area contributed by atoms with Gasteiger partial charge in [0.25, 0.3) is 5.91 Å². The Balaban J connectivity index is 1.72. The lowest BCUT2D eigenvalue weighted by molar-refractivity contribution is 0.0954. The zero-order valence-corrected chi connectivity index (χ0v) is 14.0. The molecule has 2 aromatic heterocycles. The number of carbonyl (C=O) groups is 1. The first kappa shape index (κ1) is 15.6. The molecule has 0 bridgehead atoms. The zero-order valence-electron chi connectivity index (χ0n) is 12.4. The Morgan fingerprint density at radius 2 is 2.04 bits per heavy atom. The molecule has 1 aromatic carbocycles. The summed E-state index contributed by atoms with van der Waals surface area (Å²) in [6.07, 6.45) is 3.46. The maximum absolute atomic E-state index is 12.4. The summed E-state index contributed by atoms with van der Waals surface area (Å²) in [6.45, 7) is 2.29. The molecule has 0 spiro atoms. The van der Waals surface area contributed by atoms with Gasteiger partial charge in [0.05, 0.1) is 5.69 Å². The van der Waals surface area contributed by atoms with Crippen molar-refractivity contribution in [2.45, 2.75) is 13.5 Å². The lowest BCUT2D eigenvalue weighted by atomic mass is 10.2. The number of benzene rings is 1. The van der Waals surface area contributed by atoms with E-state index < -0.39 is 0 Å². The summed E-state index contributed by atoms with van der Waals surface area (Å²) < 4.78 is 0. The van der Waals surface area contributed by atoms with Gasteiger partial charge in [-0.3, -0.25) is 9.78 Å². The molecule has 0 aliphatic carbocycles. The molecule has 1 amide bonds. The predicted octanol–water partition coefficient (Wildman–Crippen LogP) is 4.10. The van der Waals surface area contributed by atoms with Crippen molar-refractivity contribution in [1.29, 1.82) is 0 Å². The largest absolute Gasteiger partial charge is 0.347 e. The van der Waals surface area contributed by atoms with Crippen molar-refractivity contribution in [2.24, 2.45) is 0 Å². The van der Waals surface area contributed by atoms with Gasteiger partial charge >= 0.3 is 0 Å². The van der Waals surface area contributed by atoms with Crippen molar-refractivity contribution in [3.8, 4) is 10.6 Å². The van der Waals surface area contributed by atoms with E-state index in [-0.39, 0.29) is 5.91 Å². The van der Waals surface area contributed by atoms with E-state index in [4.69, 9.17) is 11.6 Å². The summed E-state index contributed by atoms with van der Waals surface area (Å²) in [5.41, 5.74) is 2.64. The second-order valence-corrected chi connectivity index (χ2v) is 6.42. The predicted molar refractivity (Wildman–Crippen MR) is 92.7 cm³/mol.